The van der Waals surface area contributed by atoms with Crippen LogP contribution < -0.4 is 5.32 Å². The van der Waals surface area contributed by atoms with Crippen LogP contribution in [0.4, 0.5) is 0 Å². The molecule has 1 atom stereocenters. The molecule has 0 aliphatic carbocycles. The first-order chi connectivity index (χ1) is 9.72. The van der Waals surface area contributed by atoms with Gasteiger partial charge in [0, 0.05) is 13.0 Å². The van der Waals surface area contributed by atoms with E-state index in [4.69, 9.17) is 5.11 Å². The fourth-order valence-corrected chi connectivity index (χ4v) is 1.95. The van der Waals surface area contributed by atoms with Crippen LogP contribution in [0.15, 0.2) is 30.3 Å². The number of rotatable bonds is 6. The fourth-order valence-electron chi connectivity index (χ4n) is 1.95. The molecule has 0 radical (unpaired) electrons. The van der Waals surface area contributed by atoms with Crippen molar-refractivity contribution in [2.75, 3.05) is 13.2 Å². The van der Waals surface area contributed by atoms with Crippen LogP contribution in [0.1, 0.15) is 17.4 Å². The summed E-state index contributed by atoms with van der Waals surface area (Å²) in [4.78, 5) is 12.2. The Hall–Kier alpha value is -2.28. The first-order valence-electron chi connectivity index (χ1n) is 6.39. The number of aliphatic hydroxyl groups excluding tert-OH is 1. The molecule has 0 aliphatic rings. The minimum absolute atomic E-state index is 0.0988. The number of aliphatic hydroxyl groups is 1. The Bertz CT molecular complexity index is 555. The summed E-state index contributed by atoms with van der Waals surface area (Å²) in [6.45, 7) is 1.86. The zero-order valence-corrected chi connectivity index (χ0v) is 11.2. The van der Waals surface area contributed by atoms with Gasteiger partial charge in [-0.2, -0.15) is 0 Å². The second-order valence-electron chi connectivity index (χ2n) is 4.39. The van der Waals surface area contributed by atoms with Gasteiger partial charge in [-0.05, 0) is 22.9 Å². The Labute approximate surface area is 116 Å². The molecule has 1 amide bonds. The lowest BCUT2D eigenvalue weighted by atomic mass is 10.1. The maximum absolute atomic E-state index is 12.2. The summed E-state index contributed by atoms with van der Waals surface area (Å²) >= 11 is 0. The standard InChI is InChI=1S/C13H17N5O2/c1-10-15-16-17-18(10)12(13(20)14-7-8-19)9-11-5-3-2-4-6-11/h2-6,12,19H,7-9H2,1H3,(H,14,20). The minimum atomic E-state index is -0.529. The molecule has 0 aliphatic heterocycles. The molecule has 0 bridgehead atoms. The average molecular weight is 275 g/mol. The Morgan fingerprint density at radius 1 is 1.40 bits per heavy atom. The van der Waals surface area contributed by atoms with Crippen molar-refractivity contribution in [3.63, 3.8) is 0 Å². The molecule has 2 rings (SSSR count). The second-order valence-corrected chi connectivity index (χ2v) is 4.39. The van der Waals surface area contributed by atoms with E-state index in [0.717, 1.165) is 5.56 Å². The van der Waals surface area contributed by atoms with E-state index in [1.54, 1.807) is 6.92 Å². The zero-order valence-electron chi connectivity index (χ0n) is 11.2. The zero-order chi connectivity index (χ0) is 14.4. The molecule has 0 saturated carbocycles. The number of amides is 1. The van der Waals surface area contributed by atoms with Gasteiger partial charge in [0.05, 0.1) is 6.61 Å². The first-order valence-corrected chi connectivity index (χ1v) is 6.39. The largest absolute Gasteiger partial charge is 0.395 e. The summed E-state index contributed by atoms with van der Waals surface area (Å²) in [7, 11) is 0. The van der Waals surface area contributed by atoms with Crippen LogP contribution in [0, 0.1) is 6.92 Å². The third-order valence-electron chi connectivity index (χ3n) is 2.94. The molecule has 1 unspecified atom stereocenters. The van der Waals surface area contributed by atoms with E-state index < -0.39 is 6.04 Å². The highest BCUT2D eigenvalue weighted by Crippen LogP contribution is 2.14. The molecule has 7 heteroatoms. The highest BCUT2D eigenvalue weighted by molar-refractivity contribution is 5.80. The van der Waals surface area contributed by atoms with Gasteiger partial charge >= 0.3 is 0 Å². The van der Waals surface area contributed by atoms with Crippen LogP contribution in [0.25, 0.3) is 0 Å². The van der Waals surface area contributed by atoms with E-state index in [2.05, 4.69) is 20.8 Å². The van der Waals surface area contributed by atoms with Crippen molar-refractivity contribution < 1.29 is 9.90 Å². The third kappa shape index (κ3) is 3.39. The van der Waals surface area contributed by atoms with Gasteiger partial charge in [0.1, 0.15) is 11.9 Å². The molecule has 0 spiro atoms. The summed E-state index contributed by atoms with van der Waals surface area (Å²) in [5, 5.41) is 22.7. The highest BCUT2D eigenvalue weighted by Gasteiger charge is 2.23. The van der Waals surface area contributed by atoms with E-state index in [-0.39, 0.29) is 19.1 Å². The molecule has 1 aromatic heterocycles. The molecule has 2 N–H and O–H groups in total. The number of carbonyl (C=O) groups is 1. The SMILES string of the molecule is Cc1nnnn1C(Cc1ccccc1)C(=O)NCCO. The Morgan fingerprint density at radius 3 is 2.75 bits per heavy atom. The van der Waals surface area contributed by atoms with Gasteiger partial charge < -0.3 is 10.4 Å². The van der Waals surface area contributed by atoms with Crippen molar-refractivity contribution in [1.82, 2.24) is 25.5 Å². The van der Waals surface area contributed by atoms with Crippen LogP contribution in [-0.4, -0.2) is 44.4 Å². The average Bonchev–Trinajstić information content (AvgIpc) is 2.89. The van der Waals surface area contributed by atoms with Crippen molar-refractivity contribution in [1.29, 1.82) is 0 Å². The Balaban J connectivity index is 2.20. The number of aromatic nitrogens is 4. The monoisotopic (exact) mass is 275 g/mol. The molecule has 0 saturated heterocycles. The summed E-state index contributed by atoms with van der Waals surface area (Å²) in [6, 6.07) is 9.14. The summed E-state index contributed by atoms with van der Waals surface area (Å²) in [5.74, 6) is 0.364. The van der Waals surface area contributed by atoms with E-state index in [1.807, 2.05) is 30.3 Å². The van der Waals surface area contributed by atoms with Gasteiger partial charge in [0.2, 0.25) is 5.91 Å². The second kappa shape index (κ2) is 6.76. The fraction of sp³-hybridized carbons (Fsp3) is 0.385. The first kappa shape index (κ1) is 14.1. The van der Waals surface area contributed by atoms with Crippen molar-refractivity contribution >= 4 is 5.91 Å². The number of hydrogen-bond acceptors (Lipinski definition) is 5. The number of benzene rings is 1. The molecule has 7 nitrogen and oxygen atoms in total. The van der Waals surface area contributed by atoms with Gasteiger partial charge in [-0.15, -0.1) is 5.10 Å². The van der Waals surface area contributed by atoms with Gasteiger partial charge in [-0.3, -0.25) is 4.79 Å². The van der Waals surface area contributed by atoms with Crippen molar-refractivity contribution in [3.05, 3.63) is 41.7 Å². The molecular weight excluding hydrogens is 258 g/mol. The number of hydrogen-bond donors (Lipinski definition) is 2. The van der Waals surface area contributed by atoms with E-state index in [1.165, 1.54) is 4.68 Å². The molecule has 1 aromatic carbocycles. The van der Waals surface area contributed by atoms with Crippen molar-refractivity contribution in [3.8, 4) is 0 Å². The lowest BCUT2D eigenvalue weighted by Gasteiger charge is -2.17. The van der Waals surface area contributed by atoms with Crippen LogP contribution in [0.5, 0.6) is 0 Å². The molecule has 106 valence electrons. The van der Waals surface area contributed by atoms with E-state index in [9.17, 15) is 4.79 Å². The normalized spacial score (nSPS) is 12.1. The predicted octanol–water partition coefficient (Wildman–Crippen LogP) is -0.126. The number of nitrogens with one attached hydrogen (secondary N) is 1. The van der Waals surface area contributed by atoms with Gasteiger partial charge in [0.15, 0.2) is 0 Å². The Kier molecular flexibility index (Phi) is 4.78. The number of aryl methyl sites for hydroxylation is 1. The number of tetrazole rings is 1. The maximum atomic E-state index is 12.2. The molecular formula is C13H17N5O2. The predicted molar refractivity (Wildman–Crippen MR) is 71.8 cm³/mol. The smallest absolute Gasteiger partial charge is 0.245 e. The molecule has 0 fully saturated rings. The lowest BCUT2D eigenvalue weighted by molar-refractivity contribution is -0.124. The number of carbonyl (C=O) groups excluding carboxylic acids is 1. The molecule has 2 aromatic rings. The van der Waals surface area contributed by atoms with E-state index in [0.29, 0.717) is 12.2 Å². The van der Waals surface area contributed by atoms with Gasteiger partial charge in [-0.1, -0.05) is 30.3 Å². The van der Waals surface area contributed by atoms with Gasteiger partial charge in [0.25, 0.3) is 0 Å². The van der Waals surface area contributed by atoms with Crippen LogP contribution in [-0.2, 0) is 11.2 Å². The van der Waals surface area contributed by atoms with Crippen molar-refractivity contribution in [2.45, 2.75) is 19.4 Å². The summed E-state index contributed by atoms with van der Waals surface area (Å²) in [5.41, 5.74) is 1.02. The topological polar surface area (TPSA) is 92.9 Å². The summed E-state index contributed by atoms with van der Waals surface area (Å²) in [6.07, 6.45) is 0.490. The molecule has 20 heavy (non-hydrogen) atoms. The minimum Gasteiger partial charge on any atom is -0.395 e. The third-order valence-corrected chi connectivity index (χ3v) is 2.94. The quantitative estimate of drug-likeness (QED) is 0.766. The van der Waals surface area contributed by atoms with Crippen molar-refractivity contribution in [2.24, 2.45) is 0 Å². The number of nitrogens with zero attached hydrogens (tertiary/aromatic N) is 4. The Morgan fingerprint density at radius 2 is 2.15 bits per heavy atom. The lowest BCUT2D eigenvalue weighted by Crippen LogP contribution is -2.36. The maximum Gasteiger partial charge on any atom is 0.245 e. The van der Waals surface area contributed by atoms with Gasteiger partial charge in [-0.25, -0.2) is 4.68 Å². The molecule has 1 heterocycles. The van der Waals surface area contributed by atoms with Crippen LogP contribution >= 0.6 is 0 Å². The highest BCUT2D eigenvalue weighted by atomic mass is 16.3. The van der Waals surface area contributed by atoms with Crippen LogP contribution in [0.3, 0.4) is 0 Å². The summed E-state index contributed by atoms with van der Waals surface area (Å²) < 4.78 is 1.50. The van der Waals surface area contributed by atoms with Crippen LogP contribution in [0.2, 0.25) is 0 Å². The van der Waals surface area contributed by atoms with E-state index >= 15 is 0 Å².